The number of sulfone groups is 1. The number of rotatable bonds is 3. The molecule has 2 rings (SSSR count). The van der Waals surface area contributed by atoms with Crippen LogP contribution in [0.25, 0.3) is 0 Å². The minimum absolute atomic E-state index is 0.00191. The summed E-state index contributed by atoms with van der Waals surface area (Å²) < 4.78 is 50.0. The topological polar surface area (TPSA) is 106 Å². The molecule has 0 saturated carbocycles. The molecule has 118 valence electrons. The lowest BCUT2D eigenvalue weighted by Gasteiger charge is -2.23. The summed E-state index contributed by atoms with van der Waals surface area (Å²) in [5.41, 5.74) is 6.33. The van der Waals surface area contributed by atoms with E-state index < -0.39 is 19.9 Å². The lowest BCUT2D eigenvalue weighted by molar-refractivity contribution is 0.505. The van der Waals surface area contributed by atoms with Crippen molar-refractivity contribution in [3.63, 3.8) is 0 Å². The summed E-state index contributed by atoms with van der Waals surface area (Å²) in [6.07, 6.45) is 0.563. The molecule has 6 nitrogen and oxygen atoms in total. The summed E-state index contributed by atoms with van der Waals surface area (Å²) in [5, 5.41) is 0.301. The summed E-state index contributed by atoms with van der Waals surface area (Å²) in [7, 11) is -6.78. The van der Waals surface area contributed by atoms with Crippen LogP contribution in [0.1, 0.15) is 18.4 Å². The Kier molecular flexibility index (Phi) is 4.53. The third kappa shape index (κ3) is 3.88. The van der Waals surface area contributed by atoms with Gasteiger partial charge in [-0.15, -0.1) is 0 Å². The van der Waals surface area contributed by atoms with Crippen LogP contribution in [0.4, 0.5) is 5.69 Å². The van der Waals surface area contributed by atoms with Crippen molar-refractivity contribution in [3.8, 4) is 0 Å². The molecule has 1 aromatic rings. The zero-order valence-corrected chi connectivity index (χ0v) is 13.9. The molecule has 0 unspecified atom stereocenters. The third-order valence-corrected chi connectivity index (χ3v) is 7.17. The highest BCUT2D eigenvalue weighted by Crippen LogP contribution is 2.26. The molecule has 0 atom stereocenters. The van der Waals surface area contributed by atoms with Crippen LogP contribution in [0, 0.1) is 6.92 Å². The van der Waals surface area contributed by atoms with Gasteiger partial charge in [-0.1, -0.05) is 11.6 Å². The lowest BCUT2D eigenvalue weighted by atomic mass is 10.2. The highest BCUT2D eigenvalue weighted by molar-refractivity contribution is 7.91. The van der Waals surface area contributed by atoms with Gasteiger partial charge < -0.3 is 5.73 Å². The first-order valence-corrected chi connectivity index (χ1v) is 10.1. The molecule has 0 spiro atoms. The Morgan fingerprint density at radius 1 is 1.29 bits per heavy atom. The number of nitrogens with one attached hydrogen (secondary N) is 1. The van der Waals surface area contributed by atoms with Gasteiger partial charge in [-0.25, -0.2) is 21.6 Å². The van der Waals surface area contributed by atoms with Gasteiger partial charge >= 0.3 is 0 Å². The summed E-state index contributed by atoms with van der Waals surface area (Å²) >= 11 is 5.85. The quantitative estimate of drug-likeness (QED) is 0.792. The summed E-state index contributed by atoms with van der Waals surface area (Å²) in [5.74, 6) is 0.00382. The summed E-state index contributed by atoms with van der Waals surface area (Å²) in [4.78, 5) is 0.0674. The number of nitrogen functional groups attached to an aromatic ring is 1. The van der Waals surface area contributed by atoms with Gasteiger partial charge in [0.2, 0.25) is 10.0 Å². The predicted molar refractivity (Wildman–Crippen MR) is 82.6 cm³/mol. The predicted octanol–water partition coefficient (Wildman–Crippen LogP) is 1.09. The Hall–Kier alpha value is -0.830. The zero-order valence-electron chi connectivity index (χ0n) is 11.5. The average molecular weight is 353 g/mol. The van der Waals surface area contributed by atoms with E-state index in [4.69, 9.17) is 17.3 Å². The highest BCUT2D eigenvalue weighted by atomic mass is 35.5. The van der Waals surface area contributed by atoms with Crippen molar-refractivity contribution >= 4 is 37.1 Å². The fourth-order valence-electron chi connectivity index (χ4n) is 2.25. The minimum Gasteiger partial charge on any atom is -0.397 e. The summed E-state index contributed by atoms with van der Waals surface area (Å²) in [6, 6.07) is 2.44. The van der Waals surface area contributed by atoms with E-state index in [-0.39, 0.29) is 41.0 Å². The van der Waals surface area contributed by atoms with Crippen molar-refractivity contribution in [2.24, 2.45) is 0 Å². The number of nitrogens with two attached hydrogens (primary N) is 1. The molecule has 1 fully saturated rings. The average Bonchev–Trinajstić information content (AvgIpc) is 2.36. The van der Waals surface area contributed by atoms with Crippen LogP contribution in [0.15, 0.2) is 17.0 Å². The van der Waals surface area contributed by atoms with Gasteiger partial charge in [-0.05, 0) is 37.5 Å². The number of hydrogen-bond acceptors (Lipinski definition) is 5. The van der Waals surface area contributed by atoms with Gasteiger partial charge in [0.1, 0.15) is 9.84 Å². The maximum Gasteiger partial charge on any atom is 0.241 e. The fraction of sp³-hybridized carbons (Fsp3) is 0.500. The van der Waals surface area contributed by atoms with E-state index in [9.17, 15) is 16.8 Å². The molecule has 0 radical (unpaired) electrons. The molecule has 21 heavy (non-hydrogen) atoms. The van der Waals surface area contributed by atoms with E-state index in [1.807, 2.05) is 0 Å². The summed E-state index contributed by atoms with van der Waals surface area (Å²) in [6.45, 7) is 1.63. The van der Waals surface area contributed by atoms with Crippen molar-refractivity contribution in [2.45, 2.75) is 30.7 Å². The van der Waals surface area contributed by atoms with Crippen molar-refractivity contribution in [1.82, 2.24) is 4.72 Å². The van der Waals surface area contributed by atoms with Gasteiger partial charge in [0.05, 0.1) is 27.1 Å². The van der Waals surface area contributed by atoms with Crippen molar-refractivity contribution in [2.75, 3.05) is 17.2 Å². The van der Waals surface area contributed by atoms with E-state index >= 15 is 0 Å². The van der Waals surface area contributed by atoms with Crippen molar-refractivity contribution < 1.29 is 16.8 Å². The number of halogens is 1. The van der Waals surface area contributed by atoms with E-state index in [0.717, 1.165) is 0 Å². The maximum absolute atomic E-state index is 12.4. The molecule has 3 N–H and O–H groups in total. The number of aryl methyl sites for hydroxylation is 1. The van der Waals surface area contributed by atoms with Crippen LogP contribution in [-0.4, -0.2) is 34.4 Å². The van der Waals surface area contributed by atoms with Crippen LogP contribution in [-0.2, 0) is 19.9 Å². The van der Waals surface area contributed by atoms with Crippen LogP contribution in [0.3, 0.4) is 0 Å². The Bertz CT molecular complexity index is 746. The molecular weight excluding hydrogens is 336 g/mol. The Labute approximate surface area is 129 Å². The SMILES string of the molecule is Cc1cc(Cl)c(N)cc1S(=O)(=O)NC1CCS(=O)(=O)CC1. The number of anilines is 1. The monoisotopic (exact) mass is 352 g/mol. The second-order valence-electron chi connectivity index (χ2n) is 5.19. The van der Waals surface area contributed by atoms with Crippen LogP contribution in [0.5, 0.6) is 0 Å². The first-order chi connectivity index (χ1) is 9.61. The number of sulfonamides is 1. The molecule has 1 heterocycles. The largest absolute Gasteiger partial charge is 0.397 e. The minimum atomic E-state index is -3.75. The Morgan fingerprint density at radius 2 is 1.86 bits per heavy atom. The number of hydrogen-bond donors (Lipinski definition) is 2. The van der Waals surface area contributed by atoms with Gasteiger partial charge in [0.25, 0.3) is 0 Å². The normalized spacial score (nSPS) is 19.5. The smallest absolute Gasteiger partial charge is 0.241 e. The molecule has 0 aliphatic carbocycles. The van der Waals surface area contributed by atoms with Crippen LogP contribution < -0.4 is 10.5 Å². The molecule has 1 aliphatic heterocycles. The van der Waals surface area contributed by atoms with Crippen LogP contribution in [0.2, 0.25) is 5.02 Å². The molecule has 1 aromatic carbocycles. The number of benzene rings is 1. The van der Waals surface area contributed by atoms with E-state index in [2.05, 4.69) is 4.72 Å². The Morgan fingerprint density at radius 3 is 2.43 bits per heavy atom. The second kappa shape index (κ2) is 5.75. The zero-order chi connectivity index (χ0) is 15.8. The van der Waals surface area contributed by atoms with Gasteiger partial charge in [-0.3, -0.25) is 0 Å². The van der Waals surface area contributed by atoms with E-state index in [1.165, 1.54) is 12.1 Å². The lowest BCUT2D eigenvalue weighted by Crippen LogP contribution is -2.41. The van der Waals surface area contributed by atoms with Crippen molar-refractivity contribution in [3.05, 3.63) is 22.7 Å². The highest BCUT2D eigenvalue weighted by Gasteiger charge is 2.28. The van der Waals surface area contributed by atoms with Crippen LogP contribution >= 0.6 is 11.6 Å². The molecule has 9 heteroatoms. The molecule has 0 amide bonds. The third-order valence-electron chi connectivity index (χ3n) is 3.46. The van der Waals surface area contributed by atoms with Crippen molar-refractivity contribution in [1.29, 1.82) is 0 Å². The fourth-order valence-corrected chi connectivity index (χ4v) is 5.52. The molecule has 1 aliphatic rings. The first-order valence-electron chi connectivity index (χ1n) is 6.39. The first kappa shape index (κ1) is 16.5. The molecule has 0 bridgehead atoms. The standard InChI is InChI=1S/C12H17ClN2O4S2/c1-8-6-10(13)11(14)7-12(8)21(18,19)15-9-2-4-20(16,17)5-3-9/h6-7,9,15H,2-5,14H2,1H3. The molecule has 1 saturated heterocycles. The van der Waals surface area contributed by atoms with E-state index in [1.54, 1.807) is 6.92 Å². The van der Waals surface area contributed by atoms with Gasteiger partial charge in [0.15, 0.2) is 0 Å². The molecule has 0 aromatic heterocycles. The maximum atomic E-state index is 12.4. The molecular formula is C12H17ClN2O4S2. The second-order valence-corrected chi connectivity index (χ2v) is 9.58. The van der Waals surface area contributed by atoms with Gasteiger partial charge in [0, 0.05) is 6.04 Å². The van der Waals surface area contributed by atoms with E-state index in [0.29, 0.717) is 10.6 Å². The van der Waals surface area contributed by atoms with Gasteiger partial charge in [-0.2, -0.15) is 0 Å². The Balaban J connectivity index is 2.22.